The van der Waals surface area contributed by atoms with Crippen LogP contribution in [0.25, 0.3) is 0 Å². The lowest BCUT2D eigenvalue weighted by atomic mass is 9.98. The van der Waals surface area contributed by atoms with Gasteiger partial charge in [0, 0.05) is 13.1 Å². The van der Waals surface area contributed by atoms with Crippen molar-refractivity contribution >= 4 is 5.91 Å². The monoisotopic (exact) mass is 248 g/mol. The fourth-order valence-electron chi connectivity index (χ4n) is 2.29. The molecule has 1 fully saturated rings. The van der Waals surface area contributed by atoms with Gasteiger partial charge in [0.2, 0.25) is 5.91 Å². The van der Waals surface area contributed by atoms with Gasteiger partial charge < -0.3 is 15.7 Å². The Balaban J connectivity index is 1.88. The zero-order chi connectivity index (χ0) is 12.8. The fraction of sp³-hybridized carbons (Fsp3) is 0.500. The van der Waals surface area contributed by atoms with E-state index in [1.165, 1.54) is 0 Å². The number of nitrogens with one attached hydrogen (secondary N) is 2. The molecule has 1 aromatic rings. The summed E-state index contributed by atoms with van der Waals surface area (Å²) in [5.74, 6) is 0.190. The van der Waals surface area contributed by atoms with Gasteiger partial charge in [0.1, 0.15) is 0 Å². The Kier molecular flexibility index (Phi) is 4.73. The molecule has 1 aliphatic heterocycles. The second-order valence-electron chi connectivity index (χ2n) is 4.69. The molecule has 0 bridgehead atoms. The van der Waals surface area contributed by atoms with E-state index >= 15 is 0 Å². The molecule has 18 heavy (non-hydrogen) atoms. The number of carbonyl (C=O) groups excluding carboxylic acids is 1. The average molecular weight is 248 g/mol. The van der Waals surface area contributed by atoms with Crippen LogP contribution in [0.15, 0.2) is 24.3 Å². The van der Waals surface area contributed by atoms with Crippen molar-refractivity contribution in [2.75, 3.05) is 13.1 Å². The second kappa shape index (κ2) is 6.52. The number of benzene rings is 1. The van der Waals surface area contributed by atoms with Crippen LogP contribution in [0, 0.1) is 5.92 Å². The van der Waals surface area contributed by atoms with Gasteiger partial charge in [-0.15, -0.1) is 0 Å². The second-order valence-corrected chi connectivity index (χ2v) is 4.69. The van der Waals surface area contributed by atoms with Crippen molar-refractivity contribution in [3.05, 3.63) is 35.4 Å². The standard InChI is InChI=1S/C14H20N2O2/c17-10-13-5-2-1-4-11(13)9-16-14(18)12-6-3-7-15-8-12/h1-2,4-5,12,15,17H,3,6-10H2,(H,16,18). The first-order chi connectivity index (χ1) is 8.81. The minimum atomic E-state index is 0.0109. The molecule has 0 spiro atoms. The third-order valence-electron chi connectivity index (χ3n) is 3.41. The van der Waals surface area contributed by atoms with Gasteiger partial charge in [0.05, 0.1) is 12.5 Å². The molecule has 0 aliphatic carbocycles. The van der Waals surface area contributed by atoms with Crippen molar-refractivity contribution in [2.24, 2.45) is 5.92 Å². The molecule has 0 radical (unpaired) electrons. The Morgan fingerprint density at radius 3 is 2.83 bits per heavy atom. The molecule has 1 aliphatic rings. The van der Waals surface area contributed by atoms with E-state index in [0.29, 0.717) is 6.54 Å². The molecule has 0 aromatic heterocycles. The summed E-state index contributed by atoms with van der Waals surface area (Å²) >= 11 is 0. The van der Waals surface area contributed by atoms with Gasteiger partial charge in [0.15, 0.2) is 0 Å². The van der Waals surface area contributed by atoms with Gasteiger partial charge >= 0.3 is 0 Å². The largest absolute Gasteiger partial charge is 0.392 e. The maximum atomic E-state index is 12.0. The molecule has 0 saturated carbocycles. The lowest BCUT2D eigenvalue weighted by Gasteiger charge is -2.22. The zero-order valence-electron chi connectivity index (χ0n) is 10.5. The molecule has 1 unspecified atom stereocenters. The van der Waals surface area contributed by atoms with E-state index in [4.69, 9.17) is 0 Å². The van der Waals surface area contributed by atoms with E-state index in [-0.39, 0.29) is 18.4 Å². The van der Waals surface area contributed by atoms with Crippen LogP contribution in [0.2, 0.25) is 0 Å². The van der Waals surface area contributed by atoms with Crippen molar-refractivity contribution in [3.63, 3.8) is 0 Å². The van der Waals surface area contributed by atoms with Crippen molar-refractivity contribution < 1.29 is 9.90 Å². The predicted octanol–water partition coefficient (Wildman–Crippen LogP) is 0.795. The quantitative estimate of drug-likeness (QED) is 0.738. The lowest BCUT2D eigenvalue weighted by Crippen LogP contribution is -2.40. The van der Waals surface area contributed by atoms with Gasteiger partial charge in [0.25, 0.3) is 0 Å². The maximum Gasteiger partial charge on any atom is 0.224 e. The van der Waals surface area contributed by atoms with Crippen LogP contribution in [0.5, 0.6) is 0 Å². The summed E-state index contributed by atoms with van der Waals surface area (Å²) in [5.41, 5.74) is 1.86. The Labute approximate surface area is 107 Å². The number of piperidine rings is 1. The number of amides is 1. The first kappa shape index (κ1) is 13.1. The molecular weight excluding hydrogens is 228 g/mol. The van der Waals surface area contributed by atoms with Gasteiger partial charge in [-0.1, -0.05) is 24.3 Å². The SMILES string of the molecule is O=C(NCc1ccccc1CO)C1CCCNC1. The molecule has 2 rings (SSSR count). The maximum absolute atomic E-state index is 12.0. The smallest absolute Gasteiger partial charge is 0.224 e. The van der Waals surface area contributed by atoms with Gasteiger partial charge in [-0.25, -0.2) is 0 Å². The summed E-state index contributed by atoms with van der Waals surface area (Å²) in [6.45, 7) is 2.29. The molecule has 1 amide bonds. The molecule has 1 saturated heterocycles. The van der Waals surface area contributed by atoms with E-state index in [0.717, 1.165) is 37.1 Å². The highest BCUT2D eigenvalue weighted by Gasteiger charge is 2.20. The van der Waals surface area contributed by atoms with E-state index in [2.05, 4.69) is 10.6 Å². The highest BCUT2D eigenvalue weighted by molar-refractivity contribution is 5.79. The van der Waals surface area contributed by atoms with E-state index < -0.39 is 0 Å². The number of rotatable bonds is 4. The van der Waals surface area contributed by atoms with Gasteiger partial charge in [-0.3, -0.25) is 4.79 Å². The summed E-state index contributed by atoms with van der Waals surface area (Å²) in [5, 5.41) is 15.4. The average Bonchev–Trinajstić information content (AvgIpc) is 2.46. The minimum absolute atomic E-state index is 0.0109. The number of hydrogen-bond acceptors (Lipinski definition) is 3. The minimum Gasteiger partial charge on any atom is -0.392 e. The molecule has 1 aromatic carbocycles. The molecule has 1 atom stereocenters. The van der Waals surface area contributed by atoms with E-state index in [1.54, 1.807) is 0 Å². The topological polar surface area (TPSA) is 61.4 Å². The zero-order valence-corrected chi connectivity index (χ0v) is 10.5. The van der Waals surface area contributed by atoms with E-state index in [1.807, 2.05) is 24.3 Å². The molecule has 1 heterocycles. The van der Waals surface area contributed by atoms with Crippen LogP contribution in [0.1, 0.15) is 24.0 Å². The number of hydrogen-bond donors (Lipinski definition) is 3. The van der Waals surface area contributed by atoms with Crippen molar-refractivity contribution in [1.29, 1.82) is 0 Å². The predicted molar refractivity (Wildman–Crippen MR) is 69.8 cm³/mol. The Hall–Kier alpha value is -1.39. The molecular formula is C14H20N2O2. The van der Waals surface area contributed by atoms with Crippen molar-refractivity contribution in [2.45, 2.75) is 26.0 Å². The summed E-state index contributed by atoms with van der Waals surface area (Å²) in [6, 6.07) is 7.62. The van der Waals surface area contributed by atoms with Crippen molar-refractivity contribution in [1.82, 2.24) is 10.6 Å². The first-order valence-corrected chi connectivity index (χ1v) is 6.47. The number of carbonyl (C=O) groups is 1. The fourth-order valence-corrected chi connectivity index (χ4v) is 2.29. The Bertz CT molecular complexity index is 401. The van der Waals surface area contributed by atoms with Gasteiger partial charge in [-0.2, -0.15) is 0 Å². The number of aliphatic hydroxyl groups is 1. The van der Waals surface area contributed by atoms with Crippen LogP contribution >= 0.6 is 0 Å². The molecule has 98 valence electrons. The third kappa shape index (κ3) is 3.31. The van der Waals surface area contributed by atoms with Crippen LogP contribution in [0.3, 0.4) is 0 Å². The summed E-state index contributed by atoms with van der Waals surface area (Å²) < 4.78 is 0. The third-order valence-corrected chi connectivity index (χ3v) is 3.41. The van der Waals surface area contributed by atoms with Crippen molar-refractivity contribution in [3.8, 4) is 0 Å². The molecule has 3 N–H and O–H groups in total. The van der Waals surface area contributed by atoms with Crippen LogP contribution in [-0.2, 0) is 17.9 Å². The highest BCUT2D eigenvalue weighted by atomic mass is 16.3. The van der Waals surface area contributed by atoms with Crippen LogP contribution in [0.4, 0.5) is 0 Å². The Morgan fingerprint density at radius 2 is 2.17 bits per heavy atom. The van der Waals surface area contributed by atoms with Crippen LogP contribution in [-0.4, -0.2) is 24.1 Å². The summed E-state index contributed by atoms with van der Waals surface area (Å²) in [6.07, 6.45) is 2.02. The lowest BCUT2D eigenvalue weighted by molar-refractivity contribution is -0.125. The van der Waals surface area contributed by atoms with Crippen LogP contribution < -0.4 is 10.6 Å². The molecule has 4 heteroatoms. The Morgan fingerprint density at radius 1 is 1.39 bits per heavy atom. The highest BCUT2D eigenvalue weighted by Crippen LogP contribution is 2.12. The number of aliphatic hydroxyl groups excluding tert-OH is 1. The normalized spacial score (nSPS) is 19.5. The first-order valence-electron chi connectivity index (χ1n) is 6.47. The van der Waals surface area contributed by atoms with Gasteiger partial charge in [-0.05, 0) is 30.5 Å². The summed E-state index contributed by atoms with van der Waals surface area (Å²) in [4.78, 5) is 12.0. The molecule has 4 nitrogen and oxygen atoms in total. The summed E-state index contributed by atoms with van der Waals surface area (Å²) in [7, 11) is 0. The van der Waals surface area contributed by atoms with E-state index in [9.17, 15) is 9.90 Å².